The Labute approximate surface area is 115 Å². The van der Waals surface area contributed by atoms with Gasteiger partial charge in [-0.05, 0) is 12.1 Å². The molecule has 1 heterocycles. The third-order valence-electron chi connectivity index (χ3n) is 2.75. The number of sulfonamides is 1. The molecule has 0 radical (unpaired) electrons. The average Bonchev–Trinajstić information content (AvgIpc) is 2.78. The number of halogens is 1. The van der Waals surface area contributed by atoms with E-state index in [1.807, 2.05) is 0 Å². The molecule has 0 amide bonds. The summed E-state index contributed by atoms with van der Waals surface area (Å²) in [6.45, 7) is 0.116. The first kappa shape index (κ1) is 14.4. The number of benzene rings is 1. The molecule has 20 heavy (non-hydrogen) atoms. The van der Waals surface area contributed by atoms with E-state index in [2.05, 4.69) is 14.9 Å². The molecule has 1 aromatic heterocycles. The molecule has 0 aliphatic rings. The normalized spacial score (nSPS) is 11.7. The Balaban J connectivity index is 2.08. The van der Waals surface area contributed by atoms with E-state index < -0.39 is 21.5 Å². The molecule has 0 saturated heterocycles. The van der Waals surface area contributed by atoms with Crippen LogP contribution in [0.1, 0.15) is 5.82 Å². The summed E-state index contributed by atoms with van der Waals surface area (Å²) in [5.41, 5.74) is 5.05. The molecule has 7 nitrogen and oxygen atoms in total. The average molecular weight is 299 g/mol. The second-order valence-corrected chi connectivity index (χ2v) is 5.89. The van der Waals surface area contributed by atoms with Gasteiger partial charge in [0.15, 0.2) is 0 Å². The van der Waals surface area contributed by atoms with E-state index in [0.717, 1.165) is 6.07 Å². The molecule has 0 bridgehead atoms. The number of rotatable bonds is 5. The summed E-state index contributed by atoms with van der Waals surface area (Å²) in [5, 5.41) is 7.52. The van der Waals surface area contributed by atoms with Gasteiger partial charge in [-0.25, -0.2) is 17.5 Å². The fraction of sp³-hybridized carbons (Fsp3) is 0.273. The molecule has 0 fully saturated rings. The van der Waals surface area contributed by atoms with Crippen molar-refractivity contribution in [2.24, 2.45) is 7.05 Å². The summed E-state index contributed by atoms with van der Waals surface area (Å²) >= 11 is 0. The van der Waals surface area contributed by atoms with Crippen molar-refractivity contribution in [2.45, 2.75) is 11.3 Å². The van der Waals surface area contributed by atoms with Gasteiger partial charge in [-0.2, -0.15) is 0 Å². The van der Waals surface area contributed by atoms with E-state index in [9.17, 15) is 12.8 Å². The Morgan fingerprint density at radius 2 is 2.20 bits per heavy atom. The van der Waals surface area contributed by atoms with Crippen molar-refractivity contribution in [3.63, 3.8) is 0 Å². The van der Waals surface area contributed by atoms with Crippen molar-refractivity contribution >= 4 is 15.7 Å². The lowest BCUT2D eigenvalue weighted by atomic mass is 10.3. The quantitative estimate of drug-likeness (QED) is 0.760. The van der Waals surface area contributed by atoms with Gasteiger partial charge in [-0.15, -0.1) is 10.2 Å². The first-order valence-corrected chi connectivity index (χ1v) is 7.26. The molecule has 0 saturated carbocycles. The zero-order valence-electron chi connectivity index (χ0n) is 10.7. The maximum absolute atomic E-state index is 13.3. The molecule has 2 aromatic rings. The molecule has 108 valence electrons. The molecular weight excluding hydrogens is 285 g/mol. The first-order chi connectivity index (χ1) is 9.42. The van der Waals surface area contributed by atoms with E-state index in [0.29, 0.717) is 12.2 Å². The highest BCUT2D eigenvalue weighted by Crippen LogP contribution is 2.20. The number of para-hydroxylation sites is 1. The van der Waals surface area contributed by atoms with Crippen LogP contribution in [0, 0.1) is 5.82 Å². The van der Waals surface area contributed by atoms with E-state index >= 15 is 0 Å². The molecule has 2 rings (SSSR count). The van der Waals surface area contributed by atoms with Crippen LogP contribution in [0.2, 0.25) is 0 Å². The second-order valence-electron chi connectivity index (χ2n) is 4.16. The van der Waals surface area contributed by atoms with Crippen LogP contribution < -0.4 is 10.5 Å². The number of aryl methyl sites for hydroxylation is 1. The van der Waals surface area contributed by atoms with Crippen molar-refractivity contribution in [1.82, 2.24) is 19.5 Å². The van der Waals surface area contributed by atoms with Crippen LogP contribution >= 0.6 is 0 Å². The zero-order valence-corrected chi connectivity index (χ0v) is 11.6. The van der Waals surface area contributed by atoms with Crippen LogP contribution in [-0.4, -0.2) is 29.7 Å². The number of hydrogen-bond acceptors (Lipinski definition) is 5. The van der Waals surface area contributed by atoms with Crippen molar-refractivity contribution < 1.29 is 12.8 Å². The highest BCUT2D eigenvalue weighted by molar-refractivity contribution is 7.89. The summed E-state index contributed by atoms with van der Waals surface area (Å²) in [5.74, 6) is -0.124. The summed E-state index contributed by atoms with van der Waals surface area (Å²) < 4.78 is 41.3. The van der Waals surface area contributed by atoms with Gasteiger partial charge in [0.2, 0.25) is 10.0 Å². The highest BCUT2D eigenvalue weighted by Gasteiger charge is 2.19. The standard InChI is InChI=1S/C11H14FN5O2S/c1-17-7-14-16-10(17)5-6-15-20(18,19)9-4-2-3-8(12)11(9)13/h2-4,7,15H,5-6,13H2,1H3. The number of aromatic nitrogens is 3. The SMILES string of the molecule is Cn1cnnc1CCNS(=O)(=O)c1cccc(F)c1N. The summed E-state index contributed by atoms with van der Waals surface area (Å²) in [4.78, 5) is -0.268. The Morgan fingerprint density at radius 3 is 2.85 bits per heavy atom. The number of nitrogen functional groups attached to an aromatic ring is 1. The van der Waals surface area contributed by atoms with Gasteiger partial charge < -0.3 is 10.3 Å². The van der Waals surface area contributed by atoms with Gasteiger partial charge >= 0.3 is 0 Å². The Morgan fingerprint density at radius 1 is 1.45 bits per heavy atom. The summed E-state index contributed by atoms with van der Waals surface area (Å²) in [6, 6.07) is 3.65. The fourth-order valence-corrected chi connectivity index (χ4v) is 2.83. The first-order valence-electron chi connectivity index (χ1n) is 5.78. The highest BCUT2D eigenvalue weighted by atomic mass is 32.2. The molecule has 0 aliphatic heterocycles. The van der Waals surface area contributed by atoms with Crippen molar-refractivity contribution in [3.8, 4) is 0 Å². The number of nitrogens with two attached hydrogens (primary N) is 1. The van der Waals surface area contributed by atoms with Gasteiger partial charge in [-0.1, -0.05) is 6.07 Å². The van der Waals surface area contributed by atoms with Crippen molar-refractivity contribution in [3.05, 3.63) is 36.2 Å². The Hall–Kier alpha value is -2.00. The van der Waals surface area contributed by atoms with Crippen LogP contribution in [0.4, 0.5) is 10.1 Å². The molecule has 0 unspecified atom stereocenters. The van der Waals surface area contributed by atoms with Crippen LogP contribution in [0.15, 0.2) is 29.4 Å². The van der Waals surface area contributed by atoms with Crippen LogP contribution in [0.25, 0.3) is 0 Å². The Kier molecular flexibility index (Phi) is 4.00. The van der Waals surface area contributed by atoms with Gasteiger partial charge in [0, 0.05) is 20.0 Å². The van der Waals surface area contributed by atoms with Gasteiger partial charge in [0.05, 0.1) is 5.69 Å². The molecular formula is C11H14FN5O2S. The topological polar surface area (TPSA) is 103 Å². The Bertz CT molecular complexity index is 713. The number of hydrogen-bond donors (Lipinski definition) is 2. The lowest BCUT2D eigenvalue weighted by molar-refractivity contribution is 0.577. The minimum Gasteiger partial charge on any atom is -0.395 e. The predicted molar refractivity (Wildman–Crippen MR) is 70.7 cm³/mol. The smallest absolute Gasteiger partial charge is 0.242 e. The minimum absolute atomic E-state index is 0.116. The maximum Gasteiger partial charge on any atom is 0.242 e. The summed E-state index contributed by atoms with van der Waals surface area (Å²) in [6.07, 6.45) is 1.89. The van der Waals surface area contributed by atoms with E-state index in [1.165, 1.54) is 18.5 Å². The third kappa shape index (κ3) is 2.94. The zero-order chi connectivity index (χ0) is 14.8. The molecule has 9 heteroatoms. The van der Waals surface area contributed by atoms with Gasteiger partial charge in [0.25, 0.3) is 0 Å². The number of nitrogens with zero attached hydrogens (tertiary/aromatic N) is 3. The number of anilines is 1. The second kappa shape index (κ2) is 5.55. The maximum atomic E-state index is 13.3. The van der Waals surface area contributed by atoms with Crippen LogP contribution in [0.5, 0.6) is 0 Å². The van der Waals surface area contributed by atoms with E-state index in [1.54, 1.807) is 11.6 Å². The molecule has 0 spiro atoms. The molecule has 1 aromatic carbocycles. The monoisotopic (exact) mass is 299 g/mol. The molecule has 0 aliphatic carbocycles. The van der Waals surface area contributed by atoms with E-state index in [4.69, 9.17) is 5.73 Å². The summed E-state index contributed by atoms with van der Waals surface area (Å²) in [7, 11) is -2.09. The lowest BCUT2D eigenvalue weighted by Crippen LogP contribution is -2.27. The van der Waals surface area contributed by atoms with Crippen LogP contribution in [-0.2, 0) is 23.5 Å². The van der Waals surface area contributed by atoms with Crippen molar-refractivity contribution in [2.75, 3.05) is 12.3 Å². The van der Waals surface area contributed by atoms with Crippen LogP contribution in [0.3, 0.4) is 0 Å². The minimum atomic E-state index is -3.85. The predicted octanol–water partition coefficient (Wildman–Crippen LogP) is 0.0574. The van der Waals surface area contributed by atoms with Crippen molar-refractivity contribution in [1.29, 1.82) is 0 Å². The third-order valence-corrected chi connectivity index (χ3v) is 4.27. The number of nitrogens with one attached hydrogen (secondary N) is 1. The molecule has 3 N–H and O–H groups in total. The largest absolute Gasteiger partial charge is 0.395 e. The lowest BCUT2D eigenvalue weighted by Gasteiger charge is -2.09. The fourth-order valence-electron chi connectivity index (χ4n) is 1.66. The molecule has 0 atom stereocenters. The van der Waals surface area contributed by atoms with Gasteiger partial charge in [0.1, 0.15) is 22.9 Å². The van der Waals surface area contributed by atoms with E-state index in [-0.39, 0.29) is 11.4 Å². The van der Waals surface area contributed by atoms with Gasteiger partial charge in [-0.3, -0.25) is 0 Å².